The fourth-order valence-electron chi connectivity index (χ4n) is 1.68. The van der Waals surface area contributed by atoms with Gasteiger partial charge in [0.25, 0.3) is 0 Å². The van der Waals surface area contributed by atoms with E-state index in [0.29, 0.717) is 5.56 Å². The van der Waals surface area contributed by atoms with Crippen LogP contribution < -0.4 is 5.73 Å². The average Bonchev–Trinajstić information content (AvgIpc) is 2.79. The van der Waals surface area contributed by atoms with Crippen LogP contribution in [0.2, 0.25) is 0 Å². The third-order valence-electron chi connectivity index (χ3n) is 2.56. The van der Waals surface area contributed by atoms with Crippen LogP contribution in [0.25, 0.3) is 0 Å². The van der Waals surface area contributed by atoms with Gasteiger partial charge in [-0.3, -0.25) is 0 Å². The van der Waals surface area contributed by atoms with Gasteiger partial charge in [-0.2, -0.15) is 24.5 Å². The van der Waals surface area contributed by atoms with Crippen LogP contribution in [0.15, 0.2) is 35.0 Å². The topological polar surface area (TPSA) is 26.0 Å². The van der Waals surface area contributed by atoms with E-state index in [2.05, 4.69) is 0 Å². The smallest absolute Gasteiger partial charge is 0.320 e. The number of nitrogens with two attached hydrogens (primary N) is 1. The molecule has 0 fully saturated rings. The third-order valence-corrected chi connectivity index (χ3v) is 3.26. The Bertz CT molecular complexity index is 534. The van der Waals surface area contributed by atoms with E-state index >= 15 is 0 Å². The van der Waals surface area contributed by atoms with Crippen LogP contribution in [-0.2, 0) is 6.18 Å². The van der Waals surface area contributed by atoms with Gasteiger partial charge < -0.3 is 5.73 Å². The van der Waals surface area contributed by atoms with Crippen LogP contribution in [0.4, 0.5) is 17.6 Å². The third kappa shape index (κ3) is 2.54. The van der Waals surface area contributed by atoms with Crippen molar-refractivity contribution in [1.29, 1.82) is 0 Å². The fraction of sp³-hybridized carbons (Fsp3) is 0.167. The molecule has 2 aromatic rings. The van der Waals surface area contributed by atoms with Gasteiger partial charge in [-0.1, -0.05) is 0 Å². The lowest BCUT2D eigenvalue weighted by Crippen LogP contribution is -2.18. The van der Waals surface area contributed by atoms with E-state index in [4.69, 9.17) is 5.73 Å². The first-order chi connectivity index (χ1) is 8.39. The van der Waals surface area contributed by atoms with Gasteiger partial charge in [-0.25, -0.2) is 4.39 Å². The van der Waals surface area contributed by atoms with Crippen molar-refractivity contribution in [2.75, 3.05) is 0 Å². The second-order valence-corrected chi connectivity index (χ2v) is 4.54. The SMILES string of the molecule is NC(c1ccsc1)c1cc(F)ccc1C(F)(F)F. The molecule has 0 aliphatic carbocycles. The zero-order chi connectivity index (χ0) is 13.3. The van der Waals surface area contributed by atoms with Crippen molar-refractivity contribution in [1.82, 2.24) is 0 Å². The summed E-state index contributed by atoms with van der Waals surface area (Å²) in [7, 11) is 0. The number of alkyl halides is 3. The number of benzene rings is 1. The lowest BCUT2D eigenvalue weighted by Gasteiger charge is -2.17. The Hall–Kier alpha value is -1.40. The van der Waals surface area contributed by atoms with E-state index in [0.717, 1.165) is 18.2 Å². The highest BCUT2D eigenvalue weighted by atomic mass is 32.1. The van der Waals surface area contributed by atoms with Crippen molar-refractivity contribution in [2.45, 2.75) is 12.2 Å². The van der Waals surface area contributed by atoms with Gasteiger partial charge in [0.1, 0.15) is 5.82 Å². The van der Waals surface area contributed by atoms with Gasteiger partial charge in [0, 0.05) is 0 Å². The van der Waals surface area contributed by atoms with Crippen molar-refractivity contribution in [3.05, 3.63) is 57.5 Å². The first-order valence-electron chi connectivity index (χ1n) is 5.04. The number of halogens is 4. The van der Waals surface area contributed by atoms with Gasteiger partial charge in [-0.15, -0.1) is 0 Å². The Morgan fingerprint density at radius 2 is 1.89 bits per heavy atom. The lowest BCUT2D eigenvalue weighted by atomic mass is 9.96. The standard InChI is InChI=1S/C12H9F4NS/c13-8-1-2-10(12(14,15)16)9(5-8)11(17)7-3-4-18-6-7/h1-6,11H,17H2. The van der Waals surface area contributed by atoms with Crippen LogP contribution in [0.5, 0.6) is 0 Å². The Morgan fingerprint density at radius 3 is 2.44 bits per heavy atom. The maximum absolute atomic E-state index is 13.1. The van der Waals surface area contributed by atoms with E-state index in [1.165, 1.54) is 11.3 Å². The van der Waals surface area contributed by atoms with Crippen molar-refractivity contribution in [3.63, 3.8) is 0 Å². The predicted octanol–water partition coefficient (Wildman–Crippen LogP) is 3.95. The van der Waals surface area contributed by atoms with Crippen LogP contribution in [-0.4, -0.2) is 0 Å². The number of rotatable bonds is 2. The zero-order valence-electron chi connectivity index (χ0n) is 9.04. The molecule has 2 N–H and O–H groups in total. The highest BCUT2D eigenvalue weighted by Gasteiger charge is 2.35. The normalized spacial score (nSPS) is 13.6. The monoisotopic (exact) mass is 275 g/mol. The summed E-state index contributed by atoms with van der Waals surface area (Å²) in [5.74, 6) is -0.733. The average molecular weight is 275 g/mol. The largest absolute Gasteiger partial charge is 0.416 e. The summed E-state index contributed by atoms with van der Waals surface area (Å²) < 4.78 is 51.5. The summed E-state index contributed by atoms with van der Waals surface area (Å²) >= 11 is 1.33. The molecule has 0 amide bonds. The Kier molecular flexibility index (Phi) is 3.41. The Morgan fingerprint density at radius 1 is 1.17 bits per heavy atom. The van der Waals surface area contributed by atoms with Gasteiger partial charge in [-0.05, 0) is 46.2 Å². The molecule has 2 rings (SSSR count). The molecule has 0 aliphatic rings. The molecule has 0 radical (unpaired) electrons. The van der Waals surface area contributed by atoms with Crippen molar-refractivity contribution < 1.29 is 17.6 Å². The molecule has 0 spiro atoms. The van der Waals surface area contributed by atoms with Crippen LogP contribution in [0, 0.1) is 5.82 Å². The molecule has 1 nitrogen and oxygen atoms in total. The van der Waals surface area contributed by atoms with E-state index < -0.39 is 23.6 Å². The number of hydrogen-bond donors (Lipinski definition) is 1. The first kappa shape index (κ1) is 13.0. The van der Waals surface area contributed by atoms with Gasteiger partial charge in [0.15, 0.2) is 0 Å². The van der Waals surface area contributed by atoms with Crippen molar-refractivity contribution in [3.8, 4) is 0 Å². The molecular formula is C12H9F4NS. The molecule has 6 heteroatoms. The molecule has 0 bridgehead atoms. The Balaban J connectivity index is 2.52. The molecule has 1 unspecified atom stereocenters. The molecule has 0 aliphatic heterocycles. The van der Waals surface area contributed by atoms with Crippen LogP contribution in [0.3, 0.4) is 0 Å². The fourth-order valence-corrected chi connectivity index (χ4v) is 2.38. The molecule has 0 saturated heterocycles. The summed E-state index contributed by atoms with van der Waals surface area (Å²) in [4.78, 5) is 0. The summed E-state index contributed by atoms with van der Waals surface area (Å²) in [6.45, 7) is 0. The number of thiophene rings is 1. The van der Waals surface area contributed by atoms with E-state index in [1.807, 2.05) is 0 Å². The van der Waals surface area contributed by atoms with Crippen molar-refractivity contribution in [2.24, 2.45) is 5.73 Å². The predicted molar refractivity (Wildman–Crippen MR) is 61.8 cm³/mol. The molecule has 96 valence electrons. The summed E-state index contributed by atoms with van der Waals surface area (Å²) in [6, 6.07) is 2.98. The van der Waals surface area contributed by atoms with Gasteiger partial charge in [0.05, 0.1) is 11.6 Å². The molecule has 1 aromatic heterocycles. The second kappa shape index (κ2) is 4.70. The van der Waals surface area contributed by atoms with E-state index in [1.54, 1.807) is 16.8 Å². The summed E-state index contributed by atoms with van der Waals surface area (Å²) in [5, 5.41) is 3.36. The molecule has 1 heterocycles. The number of hydrogen-bond acceptors (Lipinski definition) is 2. The van der Waals surface area contributed by atoms with Gasteiger partial charge in [0.2, 0.25) is 0 Å². The Labute approximate surface area is 105 Å². The summed E-state index contributed by atoms with van der Waals surface area (Å²) in [5.41, 5.74) is 5.16. The zero-order valence-corrected chi connectivity index (χ0v) is 9.86. The summed E-state index contributed by atoms with van der Waals surface area (Å²) in [6.07, 6.45) is -4.54. The van der Waals surface area contributed by atoms with Crippen molar-refractivity contribution >= 4 is 11.3 Å². The molecule has 1 atom stereocenters. The van der Waals surface area contributed by atoms with Crippen LogP contribution >= 0.6 is 11.3 Å². The molecular weight excluding hydrogens is 266 g/mol. The molecule has 1 aromatic carbocycles. The van der Waals surface area contributed by atoms with E-state index in [9.17, 15) is 17.6 Å². The van der Waals surface area contributed by atoms with Gasteiger partial charge >= 0.3 is 6.18 Å². The van der Waals surface area contributed by atoms with E-state index in [-0.39, 0.29) is 5.56 Å². The molecule has 0 saturated carbocycles. The first-order valence-corrected chi connectivity index (χ1v) is 5.98. The lowest BCUT2D eigenvalue weighted by molar-refractivity contribution is -0.138. The maximum atomic E-state index is 13.1. The second-order valence-electron chi connectivity index (χ2n) is 3.76. The highest BCUT2D eigenvalue weighted by Crippen LogP contribution is 2.36. The quantitative estimate of drug-likeness (QED) is 0.825. The minimum atomic E-state index is -4.54. The minimum absolute atomic E-state index is 0.249. The van der Waals surface area contributed by atoms with Crippen LogP contribution in [0.1, 0.15) is 22.7 Å². The maximum Gasteiger partial charge on any atom is 0.416 e. The minimum Gasteiger partial charge on any atom is -0.320 e. The highest BCUT2D eigenvalue weighted by molar-refractivity contribution is 7.08. The molecule has 18 heavy (non-hydrogen) atoms.